The molecular weight excluding hydrogens is 284 g/mol. The lowest BCUT2D eigenvalue weighted by molar-refractivity contribution is 0.118. The zero-order chi connectivity index (χ0) is 15.5. The molecule has 0 bridgehead atoms. The van der Waals surface area contributed by atoms with E-state index in [0.717, 1.165) is 19.5 Å². The fourth-order valence-corrected chi connectivity index (χ4v) is 3.16. The number of β-amino-alcohol motifs (C(OH)–C–C–N with tert-alkyl or cyclic N) is 1. The van der Waals surface area contributed by atoms with Gasteiger partial charge >= 0.3 is 0 Å². The van der Waals surface area contributed by atoms with Gasteiger partial charge in [0.15, 0.2) is 0 Å². The maximum Gasteiger partial charge on any atom is 0.131 e. The summed E-state index contributed by atoms with van der Waals surface area (Å²) in [6, 6.07) is 13.9. The van der Waals surface area contributed by atoms with Gasteiger partial charge in [0, 0.05) is 13.1 Å². The number of rotatable bonds is 4. The first-order valence-corrected chi connectivity index (χ1v) is 7.54. The van der Waals surface area contributed by atoms with Crippen LogP contribution in [0.5, 0.6) is 0 Å². The lowest BCUT2D eigenvalue weighted by atomic mass is 9.99. The second kappa shape index (κ2) is 6.55. The van der Waals surface area contributed by atoms with Crippen molar-refractivity contribution in [2.75, 3.05) is 19.6 Å². The monoisotopic (exact) mass is 303 g/mol. The summed E-state index contributed by atoms with van der Waals surface area (Å²) in [6.45, 7) is 1.88. The topological polar surface area (TPSA) is 23.5 Å². The van der Waals surface area contributed by atoms with Crippen molar-refractivity contribution < 1.29 is 13.9 Å². The van der Waals surface area contributed by atoms with Gasteiger partial charge in [0.25, 0.3) is 0 Å². The van der Waals surface area contributed by atoms with Crippen LogP contribution >= 0.6 is 0 Å². The average molecular weight is 303 g/mol. The Morgan fingerprint density at radius 2 is 1.73 bits per heavy atom. The highest BCUT2D eigenvalue weighted by molar-refractivity contribution is 5.23. The second-order valence-corrected chi connectivity index (χ2v) is 5.81. The van der Waals surface area contributed by atoms with Crippen molar-refractivity contribution in [3.63, 3.8) is 0 Å². The normalized spacial score (nSPS) is 20.2. The predicted octanol–water partition coefficient (Wildman–Crippen LogP) is 3.49. The number of halogens is 2. The molecule has 1 heterocycles. The van der Waals surface area contributed by atoms with E-state index in [1.807, 2.05) is 18.2 Å². The maximum absolute atomic E-state index is 13.7. The lowest BCUT2D eigenvalue weighted by Gasteiger charge is -2.21. The van der Waals surface area contributed by atoms with E-state index in [1.165, 1.54) is 23.8 Å². The van der Waals surface area contributed by atoms with Crippen LogP contribution in [0.1, 0.15) is 29.6 Å². The first-order valence-electron chi connectivity index (χ1n) is 7.54. The molecule has 116 valence electrons. The van der Waals surface area contributed by atoms with Gasteiger partial charge < -0.3 is 5.11 Å². The van der Waals surface area contributed by atoms with E-state index in [2.05, 4.69) is 17.0 Å². The Kier molecular flexibility index (Phi) is 4.50. The molecule has 0 saturated carbocycles. The Morgan fingerprint density at radius 3 is 2.41 bits per heavy atom. The van der Waals surface area contributed by atoms with E-state index in [0.29, 0.717) is 5.92 Å². The molecule has 4 heteroatoms. The van der Waals surface area contributed by atoms with Crippen LogP contribution in [-0.4, -0.2) is 29.6 Å². The molecule has 2 aromatic rings. The molecule has 0 unspecified atom stereocenters. The highest BCUT2D eigenvalue weighted by atomic mass is 19.1. The van der Waals surface area contributed by atoms with Crippen molar-refractivity contribution in [3.05, 3.63) is 71.3 Å². The molecular formula is C18H19F2NO. The van der Waals surface area contributed by atoms with Gasteiger partial charge in [-0.1, -0.05) is 36.4 Å². The minimum atomic E-state index is -1.14. The van der Waals surface area contributed by atoms with Crippen molar-refractivity contribution in [2.45, 2.75) is 18.4 Å². The molecule has 0 aromatic heterocycles. The van der Waals surface area contributed by atoms with Crippen molar-refractivity contribution >= 4 is 0 Å². The molecule has 0 aliphatic carbocycles. The van der Waals surface area contributed by atoms with Crippen molar-refractivity contribution in [1.82, 2.24) is 4.90 Å². The van der Waals surface area contributed by atoms with E-state index in [4.69, 9.17) is 0 Å². The van der Waals surface area contributed by atoms with Crippen LogP contribution < -0.4 is 0 Å². The maximum atomic E-state index is 13.7. The number of likely N-dealkylation sites (tertiary alicyclic amines) is 1. The Balaban J connectivity index is 1.65. The molecule has 1 saturated heterocycles. The van der Waals surface area contributed by atoms with Crippen molar-refractivity contribution in [3.8, 4) is 0 Å². The van der Waals surface area contributed by atoms with E-state index in [1.54, 1.807) is 0 Å². The molecule has 0 spiro atoms. The van der Waals surface area contributed by atoms with Crippen LogP contribution in [0.2, 0.25) is 0 Å². The van der Waals surface area contributed by atoms with Crippen LogP contribution in [0.3, 0.4) is 0 Å². The number of aliphatic hydroxyl groups excluding tert-OH is 1. The standard InChI is InChI=1S/C18H19F2NO/c19-15-7-4-8-16(20)18(15)17(22)12-21-10-9-14(11-21)13-5-2-1-3-6-13/h1-8,14,17,22H,9-12H2/t14-,17+/m0/s1. The summed E-state index contributed by atoms with van der Waals surface area (Å²) in [5, 5.41) is 10.2. The highest BCUT2D eigenvalue weighted by Crippen LogP contribution is 2.29. The molecule has 0 amide bonds. The second-order valence-electron chi connectivity index (χ2n) is 5.81. The van der Waals surface area contributed by atoms with Gasteiger partial charge in [-0.2, -0.15) is 0 Å². The summed E-state index contributed by atoms with van der Waals surface area (Å²) in [5.74, 6) is -0.962. The third-order valence-corrected chi connectivity index (χ3v) is 4.31. The lowest BCUT2D eigenvalue weighted by Crippen LogP contribution is -2.27. The van der Waals surface area contributed by atoms with Crippen LogP contribution in [0.25, 0.3) is 0 Å². The van der Waals surface area contributed by atoms with Crippen LogP contribution in [0, 0.1) is 11.6 Å². The minimum absolute atomic E-state index is 0.231. The summed E-state index contributed by atoms with van der Waals surface area (Å²) >= 11 is 0. The molecule has 22 heavy (non-hydrogen) atoms. The first kappa shape index (κ1) is 15.1. The number of benzene rings is 2. The fraction of sp³-hybridized carbons (Fsp3) is 0.333. The van der Waals surface area contributed by atoms with Gasteiger partial charge in [-0.15, -0.1) is 0 Å². The molecule has 0 radical (unpaired) electrons. The van der Waals surface area contributed by atoms with Crippen molar-refractivity contribution in [1.29, 1.82) is 0 Å². The Hall–Kier alpha value is -1.78. The Bertz CT molecular complexity index is 612. The zero-order valence-corrected chi connectivity index (χ0v) is 12.3. The third kappa shape index (κ3) is 3.18. The van der Waals surface area contributed by atoms with Crippen LogP contribution in [-0.2, 0) is 0 Å². The van der Waals surface area contributed by atoms with Crippen molar-refractivity contribution in [2.24, 2.45) is 0 Å². The van der Waals surface area contributed by atoms with Gasteiger partial charge in [0.1, 0.15) is 11.6 Å². The van der Waals surface area contributed by atoms with Crippen LogP contribution in [0.4, 0.5) is 8.78 Å². The van der Waals surface area contributed by atoms with Gasteiger partial charge in [-0.05, 0) is 36.6 Å². The molecule has 1 fully saturated rings. The number of hydrogen-bond donors (Lipinski definition) is 1. The minimum Gasteiger partial charge on any atom is -0.387 e. The number of hydrogen-bond acceptors (Lipinski definition) is 2. The molecule has 1 aliphatic heterocycles. The molecule has 1 N–H and O–H groups in total. The van der Waals surface area contributed by atoms with E-state index in [-0.39, 0.29) is 12.1 Å². The van der Waals surface area contributed by atoms with E-state index in [9.17, 15) is 13.9 Å². The Morgan fingerprint density at radius 1 is 1.05 bits per heavy atom. The predicted molar refractivity (Wildman–Crippen MR) is 81.6 cm³/mol. The van der Waals surface area contributed by atoms with Gasteiger partial charge in [-0.3, -0.25) is 4.90 Å². The summed E-state index contributed by atoms with van der Waals surface area (Å²) in [7, 11) is 0. The van der Waals surface area contributed by atoms with Crippen LogP contribution in [0.15, 0.2) is 48.5 Å². The summed E-state index contributed by atoms with van der Waals surface area (Å²) < 4.78 is 27.4. The Labute approximate surface area is 129 Å². The molecule has 2 aromatic carbocycles. The summed E-state index contributed by atoms with van der Waals surface area (Å²) in [6.07, 6.45) is -0.146. The summed E-state index contributed by atoms with van der Waals surface area (Å²) in [4.78, 5) is 2.06. The van der Waals surface area contributed by atoms with E-state index < -0.39 is 17.7 Å². The molecule has 2 atom stereocenters. The fourth-order valence-electron chi connectivity index (χ4n) is 3.16. The van der Waals surface area contributed by atoms with Gasteiger partial charge in [0.2, 0.25) is 0 Å². The SMILES string of the molecule is O[C@H](CN1CC[C@H](c2ccccc2)C1)c1c(F)cccc1F. The quantitative estimate of drug-likeness (QED) is 0.934. The summed E-state index contributed by atoms with van der Waals surface area (Å²) in [5.41, 5.74) is 1.04. The average Bonchev–Trinajstić information content (AvgIpc) is 2.96. The largest absolute Gasteiger partial charge is 0.387 e. The van der Waals surface area contributed by atoms with E-state index >= 15 is 0 Å². The smallest absolute Gasteiger partial charge is 0.131 e. The molecule has 2 nitrogen and oxygen atoms in total. The molecule has 3 rings (SSSR count). The third-order valence-electron chi connectivity index (χ3n) is 4.31. The number of nitrogens with zero attached hydrogens (tertiary/aromatic N) is 1. The zero-order valence-electron chi connectivity index (χ0n) is 12.3. The van der Waals surface area contributed by atoms with Gasteiger partial charge in [0.05, 0.1) is 11.7 Å². The molecule has 1 aliphatic rings. The van der Waals surface area contributed by atoms with Gasteiger partial charge in [-0.25, -0.2) is 8.78 Å². The highest BCUT2D eigenvalue weighted by Gasteiger charge is 2.27. The number of aliphatic hydroxyl groups is 1. The first-order chi connectivity index (χ1) is 10.6.